The molecule has 2 nitrogen and oxygen atoms in total. The van der Waals surface area contributed by atoms with Crippen LogP contribution in [0.3, 0.4) is 0 Å². The molecule has 0 aliphatic heterocycles. The van der Waals surface area contributed by atoms with E-state index in [2.05, 4.69) is 230 Å². The zero-order valence-corrected chi connectivity index (χ0v) is 32.4. The summed E-state index contributed by atoms with van der Waals surface area (Å²) in [6, 6.07) is 74.4. The van der Waals surface area contributed by atoms with Crippen LogP contribution in [0.5, 0.6) is 0 Å². The van der Waals surface area contributed by atoms with Crippen molar-refractivity contribution < 1.29 is 0 Å². The van der Waals surface area contributed by atoms with Crippen molar-refractivity contribution in [3.63, 3.8) is 0 Å². The molecule has 0 spiro atoms. The Hall–Kier alpha value is -6.42. The smallest absolute Gasteiger partial charge is 0.153 e. The van der Waals surface area contributed by atoms with Crippen molar-refractivity contribution in [3.8, 4) is 22.5 Å². The normalized spacial score (nSPS) is 12.3. The van der Waals surface area contributed by atoms with Crippen LogP contribution in [0.15, 0.2) is 200 Å². The molecular weight excluding hydrogens is 681 g/mol. The quantitative estimate of drug-likeness (QED) is 0.119. The lowest BCUT2D eigenvalue weighted by Crippen LogP contribution is -2.72. The molecule has 0 amide bonds. The first-order valence-corrected chi connectivity index (χ1v) is 21.3. The fourth-order valence-corrected chi connectivity index (χ4v) is 15.2. The molecule has 0 aliphatic rings. The number of nitrogens with zero attached hydrogens (tertiary/aromatic N) is 2. The summed E-state index contributed by atoms with van der Waals surface area (Å²) in [6.45, 7) is 7.34. The molecule has 55 heavy (non-hydrogen) atoms. The highest BCUT2D eigenvalue weighted by Crippen LogP contribution is 2.40. The van der Waals surface area contributed by atoms with Crippen LogP contribution < -0.4 is 15.6 Å². The molecule has 8 aromatic carbocycles. The Morgan fingerprint density at radius 2 is 0.800 bits per heavy atom. The second-order valence-corrected chi connectivity index (χ2v) is 20.5. The summed E-state index contributed by atoms with van der Waals surface area (Å²) in [5.74, 6) is 0. The molecule has 264 valence electrons. The zero-order valence-electron chi connectivity index (χ0n) is 31.4. The first kappa shape index (κ1) is 33.2. The third-order valence-corrected chi connectivity index (χ3v) is 17.6. The minimum Gasteiger partial charge on any atom is -0.309 e. The van der Waals surface area contributed by atoms with Crippen molar-refractivity contribution in [3.05, 3.63) is 200 Å². The van der Waals surface area contributed by atoms with E-state index >= 15 is 0 Å². The molecule has 0 unspecified atom stereocenters. The Bertz CT molecular complexity index is 2950. The number of para-hydroxylation sites is 2. The minimum atomic E-state index is -2.59. The van der Waals surface area contributed by atoms with Gasteiger partial charge in [-0.3, -0.25) is 0 Å². The number of benzene rings is 8. The van der Waals surface area contributed by atoms with Crippen LogP contribution in [0.1, 0.15) is 20.8 Å². The Morgan fingerprint density at radius 3 is 1.44 bits per heavy atom. The first-order valence-electron chi connectivity index (χ1n) is 19.3. The number of aromatic nitrogens is 2. The van der Waals surface area contributed by atoms with E-state index in [9.17, 15) is 0 Å². The van der Waals surface area contributed by atoms with Crippen molar-refractivity contribution in [1.82, 2.24) is 9.13 Å². The van der Waals surface area contributed by atoms with E-state index in [0.29, 0.717) is 0 Å². The maximum Gasteiger partial charge on any atom is 0.153 e. The van der Waals surface area contributed by atoms with E-state index in [-0.39, 0.29) is 5.04 Å². The van der Waals surface area contributed by atoms with Crippen LogP contribution >= 0.6 is 0 Å². The van der Waals surface area contributed by atoms with Crippen LogP contribution in [-0.2, 0) is 0 Å². The van der Waals surface area contributed by atoms with Gasteiger partial charge in [0.1, 0.15) is 0 Å². The molecule has 10 aromatic rings. The molecule has 0 radical (unpaired) electrons. The molecule has 0 aliphatic carbocycles. The number of fused-ring (bicyclic) bond motifs is 6. The van der Waals surface area contributed by atoms with E-state index < -0.39 is 8.07 Å². The Labute approximate surface area is 323 Å². The lowest BCUT2D eigenvalue weighted by molar-refractivity contribution is 0.739. The van der Waals surface area contributed by atoms with Crippen molar-refractivity contribution >= 4 is 67.2 Å². The summed E-state index contributed by atoms with van der Waals surface area (Å²) in [6.07, 6.45) is 0. The van der Waals surface area contributed by atoms with Gasteiger partial charge in [-0.1, -0.05) is 166 Å². The molecule has 2 aromatic heterocycles. The van der Waals surface area contributed by atoms with Gasteiger partial charge in [0.05, 0.1) is 22.1 Å². The van der Waals surface area contributed by atoms with Gasteiger partial charge in [-0.15, -0.1) is 0 Å². The van der Waals surface area contributed by atoms with Crippen LogP contribution in [0.4, 0.5) is 0 Å². The van der Waals surface area contributed by atoms with Gasteiger partial charge in [0, 0.05) is 32.9 Å². The Morgan fingerprint density at radius 1 is 0.327 bits per heavy atom. The molecule has 0 saturated carbocycles. The summed E-state index contributed by atoms with van der Waals surface area (Å²) in [5.41, 5.74) is 9.63. The van der Waals surface area contributed by atoms with Crippen LogP contribution in [0, 0.1) is 0 Å². The second kappa shape index (κ2) is 12.9. The van der Waals surface area contributed by atoms with Crippen molar-refractivity contribution in [2.24, 2.45) is 0 Å². The number of rotatable bonds is 6. The zero-order chi connectivity index (χ0) is 37.1. The highest BCUT2D eigenvalue weighted by atomic mass is 28.3. The van der Waals surface area contributed by atoms with Crippen molar-refractivity contribution in [1.29, 1.82) is 0 Å². The summed E-state index contributed by atoms with van der Waals surface area (Å²) >= 11 is 0. The molecule has 0 saturated heterocycles. The van der Waals surface area contributed by atoms with Gasteiger partial charge in [-0.2, -0.15) is 0 Å². The molecule has 0 atom stereocenters. The van der Waals surface area contributed by atoms with Gasteiger partial charge in [0.25, 0.3) is 0 Å². The van der Waals surface area contributed by atoms with Gasteiger partial charge >= 0.3 is 0 Å². The highest BCUT2D eigenvalue weighted by molar-refractivity contribution is 7.13. The average molecular weight is 723 g/mol. The Balaban J connectivity index is 1.28. The maximum absolute atomic E-state index is 2.59. The average Bonchev–Trinajstić information content (AvgIpc) is 3.74. The van der Waals surface area contributed by atoms with Crippen LogP contribution in [0.25, 0.3) is 66.1 Å². The fraction of sp³-hybridized carbons (Fsp3) is 0.0769. The third kappa shape index (κ3) is 5.15. The number of hydrogen-bond donors (Lipinski definition) is 0. The molecule has 3 heteroatoms. The predicted octanol–water partition coefficient (Wildman–Crippen LogP) is 11.8. The van der Waals surface area contributed by atoms with Gasteiger partial charge in [0.15, 0.2) is 8.07 Å². The van der Waals surface area contributed by atoms with Crippen LogP contribution in [-0.4, -0.2) is 17.2 Å². The van der Waals surface area contributed by atoms with Crippen LogP contribution in [0.2, 0.25) is 5.04 Å². The third-order valence-electron chi connectivity index (χ3n) is 11.8. The molecule has 0 N–H and O–H groups in total. The molecular formula is C52H42N2Si. The van der Waals surface area contributed by atoms with Gasteiger partial charge < -0.3 is 9.13 Å². The van der Waals surface area contributed by atoms with E-state index in [4.69, 9.17) is 0 Å². The van der Waals surface area contributed by atoms with Gasteiger partial charge in [-0.05, 0) is 86.3 Å². The summed E-state index contributed by atoms with van der Waals surface area (Å²) in [7, 11) is -2.59. The predicted molar refractivity (Wildman–Crippen MR) is 238 cm³/mol. The first-order chi connectivity index (χ1) is 26.9. The molecule has 0 fully saturated rings. The Kier molecular flexibility index (Phi) is 7.76. The number of hydrogen-bond acceptors (Lipinski definition) is 0. The largest absolute Gasteiger partial charge is 0.309 e. The highest BCUT2D eigenvalue weighted by Gasteiger charge is 2.49. The lowest BCUT2D eigenvalue weighted by atomic mass is 10.0. The summed E-state index contributed by atoms with van der Waals surface area (Å²) in [5, 5.41) is 9.32. The summed E-state index contributed by atoms with van der Waals surface area (Å²) in [4.78, 5) is 0. The molecule has 10 rings (SSSR count). The van der Waals surface area contributed by atoms with E-state index in [1.165, 1.54) is 76.0 Å². The van der Waals surface area contributed by atoms with Crippen molar-refractivity contribution in [2.75, 3.05) is 0 Å². The topological polar surface area (TPSA) is 9.86 Å². The molecule has 0 bridgehead atoms. The second-order valence-electron chi connectivity index (χ2n) is 15.8. The monoisotopic (exact) mass is 722 g/mol. The molecule has 2 heterocycles. The fourth-order valence-electron chi connectivity index (χ4n) is 9.48. The van der Waals surface area contributed by atoms with E-state index in [0.717, 1.165) is 5.69 Å². The van der Waals surface area contributed by atoms with E-state index in [1.54, 1.807) is 0 Å². The van der Waals surface area contributed by atoms with E-state index in [1.807, 2.05) is 0 Å². The maximum atomic E-state index is 2.56. The minimum absolute atomic E-state index is 0.0189. The van der Waals surface area contributed by atoms with Gasteiger partial charge in [0.2, 0.25) is 0 Å². The SMILES string of the molecule is CC(C)(C)[Si](c1ccccc1)(c1ccccc1)c1ccc2c(c1)c1cc(-c3ccccc3)ccc1n2-c1ccc2c(c1)c1ccccc1n2-c1ccccc1. The lowest BCUT2D eigenvalue weighted by Gasteiger charge is -2.44. The summed E-state index contributed by atoms with van der Waals surface area (Å²) < 4.78 is 4.88. The standard InChI is InChI=1S/C52H42N2Si/c1-52(2,3)55(41-22-12-6-13-23-41,42-24-14-7-15-25-42)43-30-33-51-47(36-43)45-34-38(37-18-8-4-9-19-37)28-31-49(45)54(51)40-29-32-50-46(35-40)44-26-16-17-27-48(44)53(50)39-20-10-5-11-21-39/h4-36H,1-3H3. The van der Waals surface area contributed by atoms with Gasteiger partial charge in [-0.25, -0.2) is 0 Å². The van der Waals surface area contributed by atoms with Crippen molar-refractivity contribution in [2.45, 2.75) is 25.8 Å².